The fraction of sp³-hybridized carbons (Fsp3) is 0.273. The van der Waals surface area contributed by atoms with Gasteiger partial charge < -0.3 is 18.9 Å². The van der Waals surface area contributed by atoms with Crippen LogP contribution in [0.25, 0.3) is 21.7 Å². The van der Waals surface area contributed by atoms with Gasteiger partial charge in [-0.05, 0) is 42.7 Å². The average Bonchev–Trinajstić information content (AvgIpc) is 3.73. The smallest absolute Gasteiger partial charge is 0.497 e. The fourth-order valence-electron chi connectivity index (χ4n) is 5.48. The highest BCUT2D eigenvalue weighted by molar-refractivity contribution is 7.18. The van der Waals surface area contributed by atoms with Gasteiger partial charge in [0.2, 0.25) is 0 Å². The molecule has 14 heteroatoms. The van der Waals surface area contributed by atoms with Crippen molar-refractivity contribution in [3.05, 3.63) is 99.3 Å². The Hall–Kier alpha value is -5.11. The van der Waals surface area contributed by atoms with Gasteiger partial charge >= 0.3 is 12.5 Å². The van der Waals surface area contributed by atoms with Crippen LogP contribution < -0.4 is 19.8 Å². The first-order valence-corrected chi connectivity index (χ1v) is 15.4. The number of carbonyl (C=O) groups is 1. The monoisotopic (exact) mass is 666 g/mol. The third kappa shape index (κ3) is 6.87. The number of carbonyl (C=O) groups excluding carboxylic acids is 1. The molecule has 6 rings (SSSR count). The molecule has 0 N–H and O–H groups in total. The molecule has 47 heavy (non-hydrogen) atoms. The largest absolute Gasteiger partial charge is 0.573 e. The van der Waals surface area contributed by atoms with E-state index in [1.165, 1.54) is 37.0 Å². The van der Waals surface area contributed by atoms with Gasteiger partial charge in [-0.25, -0.2) is 14.8 Å². The molecule has 1 atom stereocenters. The number of methoxy groups -OCH3 is 2. The van der Waals surface area contributed by atoms with Crippen LogP contribution >= 0.6 is 11.3 Å². The minimum absolute atomic E-state index is 0.0277. The van der Waals surface area contributed by atoms with Crippen molar-refractivity contribution in [2.24, 2.45) is 0 Å². The number of halogens is 3. The average molecular weight is 667 g/mol. The molecule has 1 fully saturated rings. The first kappa shape index (κ1) is 31.9. The lowest BCUT2D eigenvalue weighted by molar-refractivity contribution is -0.274. The molecule has 0 saturated carbocycles. The number of benzene rings is 3. The Morgan fingerprint density at radius 3 is 2.49 bits per heavy atom. The summed E-state index contributed by atoms with van der Waals surface area (Å²) in [6.07, 6.45) is -4.20. The number of hydrogen-bond acceptors (Lipinski definition) is 9. The van der Waals surface area contributed by atoms with E-state index < -0.39 is 29.8 Å². The molecule has 1 saturated heterocycles. The van der Waals surface area contributed by atoms with E-state index in [-0.39, 0.29) is 34.9 Å². The molecule has 10 nitrogen and oxygen atoms in total. The van der Waals surface area contributed by atoms with Gasteiger partial charge in [0.15, 0.2) is 10.3 Å². The van der Waals surface area contributed by atoms with Gasteiger partial charge in [-0.1, -0.05) is 53.8 Å². The summed E-state index contributed by atoms with van der Waals surface area (Å²) in [6.45, 7) is 0.433. The van der Waals surface area contributed by atoms with E-state index in [0.717, 1.165) is 23.0 Å². The van der Waals surface area contributed by atoms with Crippen molar-refractivity contribution < 1.29 is 36.9 Å². The molecule has 1 amide bonds. The Balaban J connectivity index is 1.42. The summed E-state index contributed by atoms with van der Waals surface area (Å²) in [6, 6.07) is 19.3. The Morgan fingerprint density at radius 1 is 0.979 bits per heavy atom. The van der Waals surface area contributed by atoms with Crippen LogP contribution in [0.5, 0.6) is 17.2 Å². The maximum Gasteiger partial charge on any atom is 0.573 e. The van der Waals surface area contributed by atoms with E-state index >= 15 is 0 Å². The van der Waals surface area contributed by atoms with Crippen molar-refractivity contribution in [1.29, 1.82) is 0 Å². The summed E-state index contributed by atoms with van der Waals surface area (Å²) >= 11 is 1.11. The van der Waals surface area contributed by atoms with E-state index in [1.54, 1.807) is 23.1 Å². The third-order valence-corrected chi connectivity index (χ3v) is 8.74. The molecular formula is C33H29F3N4O6S. The van der Waals surface area contributed by atoms with Crippen molar-refractivity contribution in [2.45, 2.75) is 38.4 Å². The second-order valence-electron chi connectivity index (χ2n) is 10.6. The number of ether oxygens (including phenoxy) is 4. The summed E-state index contributed by atoms with van der Waals surface area (Å²) in [5.41, 5.74) is 0.796. The number of nitrogens with zero attached hydrogens (tertiary/aromatic N) is 4. The van der Waals surface area contributed by atoms with E-state index in [2.05, 4.69) is 9.72 Å². The molecule has 0 aliphatic carbocycles. The maximum absolute atomic E-state index is 14.2. The first-order chi connectivity index (χ1) is 22.6. The van der Waals surface area contributed by atoms with E-state index in [4.69, 9.17) is 19.2 Å². The van der Waals surface area contributed by atoms with Gasteiger partial charge in [0.1, 0.15) is 34.7 Å². The molecule has 3 heterocycles. The van der Waals surface area contributed by atoms with Crippen LogP contribution in [0.4, 0.5) is 18.0 Å². The van der Waals surface area contributed by atoms with Crippen LogP contribution in [0.15, 0.2) is 77.6 Å². The zero-order valence-corrected chi connectivity index (χ0v) is 26.1. The Labute approximate surface area is 270 Å². The molecule has 1 aliphatic heterocycles. The van der Waals surface area contributed by atoms with Gasteiger partial charge in [-0.15, -0.1) is 13.2 Å². The van der Waals surface area contributed by atoms with Gasteiger partial charge in [0.05, 0.1) is 32.4 Å². The molecule has 5 aromatic rings. The lowest BCUT2D eigenvalue weighted by Crippen LogP contribution is -2.31. The highest BCUT2D eigenvalue weighted by Gasteiger charge is 2.35. The van der Waals surface area contributed by atoms with Crippen molar-refractivity contribution >= 4 is 27.8 Å². The highest BCUT2D eigenvalue weighted by Crippen LogP contribution is 2.38. The van der Waals surface area contributed by atoms with Crippen LogP contribution in [0.2, 0.25) is 0 Å². The Kier molecular flexibility index (Phi) is 9.03. The van der Waals surface area contributed by atoms with Gasteiger partial charge in [0.25, 0.3) is 5.56 Å². The molecule has 1 unspecified atom stereocenters. The van der Waals surface area contributed by atoms with Crippen molar-refractivity contribution in [3.63, 3.8) is 0 Å². The van der Waals surface area contributed by atoms with E-state index in [1.807, 2.05) is 30.3 Å². The maximum atomic E-state index is 14.2. The predicted molar refractivity (Wildman–Crippen MR) is 168 cm³/mol. The summed E-state index contributed by atoms with van der Waals surface area (Å²) in [5, 5.41) is 0.476. The SMILES string of the molecule is COc1ccc(Cn2c(-c3ccccc3OC(F)(F)F)nc3sc(C4CCCN4C(=O)OCc4ccccc4)nc3c2=O)c(OC)c1. The van der Waals surface area contributed by atoms with Crippen LogP contribution in [0.1, 0.15) is 35.0 Å². The molecule has 244 valence electrons. The van der Waals surface area contributed by atoms with Crippen molar-refractivity contribution in [3.8, 4) is 28.6 Å². The molecule has 3 aromatic carbocycles. The second-order valence-corrected chi connectivity index (χ2v) is 11.7. The number of hydrogen-bond donors (Lipinski definition) is 0. The van der Waals surface area contributed by atoms with Gasteiger partial charge in [-0.3, -0.25) is 14.3 Å². The lowest BCUT2D eigenvalue weighted by Gasteiger charge is -2.22. The molecular weight excluding hydrogens is 637 g/mol. The predicted octanol–water partition coefficient (Wildman–Crippen LogP) is 6.96. The van der Waals surface area contributed by atoms with Crippen LogP contribution in [-0.2, 0) is 17.9 Å². The molecule has 0 spiro atoms. The molecule has 1 aliphatic rings. The molecule has 0 bridgehead atoms. The summed E-state index contributed by atoms with van der Waals surface area (Å²) in [4.78, 5) is 38.4. The highest BCUT2D eigenvalue weighted by atomic mass is 32.1. The van der Waals surface area contributed by atoms with Gasteiger partial charge in [-0.2, -0.15) is 0 Å². The number of para-hydroxylation sites is 1. The van der Waals surface area contributed by atoms with Crippen LogP contribution in [0, 0.1) is 0 Å². The lowest BCUT2D eigenvalue weighted by atomic mass is 10.1. The topological polar surface area (TPSA) is 105 Å². The minimum Gasteiger partial charge on any atom is -0.497 e. The van der Waals surface area contributed by atoms with Crippen LogP contribution in [-0.4, -0.2) is 52.7 Å². The van der Waals surface area contributed by atoms with Crippen molar-refractivity contribution in [2.75, 3.05) is 20.8 Å². The number of fused-ring (bicyclic) bond motifs is 1. The number of aromatic nitrogens is 3. The van der Waals surface area contributed by atoms with Gasteiger partial charge in [0, 0.05) is 18.2 Å². The number of thiazole rings is 1. The standard InChI is InChI=1S/C33H29F3N4O6S/c1-43-22-15-14-21(26(17-22)44-2)18-40-28(23-11-6-7-13-25(23)46-33(34,35)36)38-30-27(31(40)41)37-29(47-30)24-12-8-16-39(24)32(42)45-19-20-9-4-3-5-10-20/h3-7,9-11,13-15,17,24H,8,12,16,18-19H2,1-2H3. The fourth-order valence-corrected chi connectivity index (χ4v) is 6.56. The first-order valence-electron chi connectivity index (χ1n) is 14.6. The normalized spacial score (nSPS) is 14.7. The number of rotatable bonds is 9. The summed E-state index contributed by atoms with van der Waals surface area (Å²) in [5.74, 6) is 0.343. The number of amides is 1. The zero-order valence-electron chi connectivity index (χ0n) is 25.3. The van der Waals surface area contributed by atoms with Crippen molar-refractivity contribution in [1.82, 2.24) is 19.4 Å². The summed E-state index contributed by atoms with van der Waals surface area (Å²) in [7, 11) is 2.96. The van der Waals surface area contributed by atoms with E-state index in [0.29, 0.717) is 41.5 Å². The van der Waals surface area contributed by atoms with Crippen LogP contribution in [0.3, 0.4) is 0 Å². The minimum atomic E-state index is -4.98. The number of likely N-dealkylation sites (tertiary alicyclic amines) is 1. The number of alkyl halides is 3. The quantitative estimate of drug-likeness (QED) is 0.166. The third-order valence-electron chi connectivity index (χ3n) is 7.69. The second kappa shape index (κ2) is 13.3. The Bertz CT molecular complexity index is 1960. The summed E-state index contributed by atoms with van der Waals surface area (Å²) < 4.78 is 62.2. The Morgan fingerprint density at radius 2 is 1.74 bits per heavy atom. The molecule has 2 aromatic heterocycles. The molecule has 0 radical (unpaired) electrons. The zero-order chi connectivity index (χ0) is 33.1. The van der Waals surface area contributed by atoms with E-state index in [9.17, 15) is 22.8 Å².